The predicted molar refractivity (Wildman–Crippen MR) is 244 cm³/mol. The summed E-state index contributed by atoms with van der Waals surface area (Å²) in [6.07, 6.45) is 1.84. The number of nitrogens with one attached hydrogen (secondary N) is 3. The van der Waals surface area contributed by atoms with Crippen molar-refractivity contribution in [2.24, 2.45) is 4.99 Å². The first-order chi connectivity index (χ1) is 31.0. The lowest BCUT2D eigenvalue weighted by Crippen LogP contribution is -2.17. The van der Waals surface area contributed by atoms with Crippen LogP contribution in [0.5, 0.6) is 5.75 Å². The van der Waals surface area contributed by atoms with Crippen molar-refractivity contribution < 1.29 is 32.9 Å². The summed E-state index contributed by atoms with van der Waals surface area (Å²) < 4.78 is 39.5. The van der Waals surface area contributed by atoms with Crippen molar-refractivity contribution in [2.45, 2.75) is 46.6 Å². The summed E-state index contributed by atoms with van der Waals surface area (Å²) in [5, 5.41) is 19.3. The molecule has 0 radical (unpaired) electrons. The molecule has 2 aliphatic rings. The highest BCUT2D eigenvalue weighted by Crippen LogP contribution is 2.40. The number of hydrogen-bond donors (Lipinski definition) is 3. The number of thiophene rings is 1. The summed E-state index contributed by atoms with van der Waals surface area (Å²) in [5.41, 5.74) is 6.89. The number of halogens is 2. The second-order valence-electron chi connectivity index (χ2n) is 15.2. The molecule has 0 saturated heterocycles. The molecule has 6 heterocycles. The Kier molecular flexibility index (Phi) is 14.0. The van der Waals surface area contributed by atoms with Crippen LogP contribution in [0.15, 0.2) is 71.9 Å². The fraction of sp³-hybridized carbons (Fsp3) is 0.326. The molecule has 2 aromatic carbocycles. The third kappa shape index (κ3) is 10.3. The summed E-state index contributed by atoms with van der Waals surface area (Å²) in [5.74, 6) is 1.85. The molecule has 2 amide bonds. The first-order valence-corrected chi connectivity index (χ1v) is 22.0. The van der Waals surface area contributed by atoms with Crippen molar-refractivity contribution in [3.8, 4) is 21.9 Å². The maximum absolute atomic E-state index is 14.7. The van der Waals surface area contributed by atoms with E-state index in [-0.39, 0.29) is 30.5 Å². The highest BCUT2D eigenvalue weighted by Gasteiger charge is 2.32. The molecule has 15 nitrogen and oxygen atoms in total. The predicted octanol–water partition coefficient (Wildman–Crippen LogP) is 7.77. The molecule has 8 rings (SSSR count). The van der Waals surface area contributed by atoms with E-state index in [0.717, 1.165) is 38.8 Å². The first kappa shape index (κ1) is 44.5. The largest absolute Gasteiger partial charge is 0.491 e. The molecule has 4 aromatic heterocycles. The zero-order valence-electron chi connectivity index (χ0n) is 35.8. The van der Waals surface area contributed by atoms with Crippen LogP contribution < -0.4 is 20.7 Å². The van der Waals surface area contributed by atoms with Gasteiger partial charge in [0.1, 0.15) is 40.9 Å². The lowest BCUT2D eigenvalue weighted by Gasteiger charge is -2.13. The second-order valence-corrected chi connectivity index (χ2v) is 16.9. The Hall–Kier alpha value is -6.11. The molecule has 64 heavy (non-hydrogen) atoms. The Bertz CT molecular complexity index is 2690. The smallest absolute Gasteiger partial charge is 0.230 e. The molecule has 18 heteroatoms. The van der Waals surface area contributed by atoms with Gasteiger partial charge in [-0.15, -0.1) is 21.5 Å². The van der Waals surface area contributed by atoms with Crippen molar-refractivity contribution in [3.05, 3.63) is 122 Å². The minimum Gasteiger partial charge on any atom is -0.491 e. The molecule has 6 aromatic rings. The topological polar surface area (TPSA) is 176 Å². The number of benzene rings is 2. The maximum atomic E-state index is 14.7. The van der Waals surface area contributed by atoms with Crippen molar-refractivity contribution in [1.29, 1.82) is 0 Å². The van der Waals surface area contributed by atoms with E-state index in [2.05, 4.69) is 50.0 Å². The van der Waals surface area contributed by atoms with E-state index in [4.69, 9.17) is 35.5 Å². The molecule has 0 aliphatic carbocycles. The number of fused-ring (bicyclic) bond motifs is 4. The minimum absolute atomic E-state index is 0.0622. The molecule has 0 fully saturated rings. The summed E-state index contributed by atoms with van der Waals surface area (Å²) in [7, 11) is 0. The van der Waals surface area contributed by atoms with Gasteiger partial charge in [0.25, 0.3) is 0 Å². The summed E-state index contributed by atoms with van der Waals surface area (Å²) in [4.78, 5) is 39.9. The van der Waals surface area contributed by atoms with Crippen LogP contribution in [0.1, 0.15) is 56.8 Å². The number of hydrogen-bond acceptors (Lipinski definition) is 13. The molecule has 0 spiro atoms. The lowest BCUT2D eigenvalue weighted by atomic mass is 9.99. The number of aliphatic imine (C=N–C) groups is 1. The Morgan fingerprint density at radius 3 is 2.38 bits per heavy atom. The molecule has 0 bridgehead atoms. The van der Waals surface area contributed by atoms with Gasteiger partial charge in [-0.25, -0.2) is 9.97 Å². The Balaban J connectivity index is 0.709. The fourth-order valence-electron chi connectivity index (χ4n) is 7.41. The molecule has 0 saturated carbocycles. The number of nitrogens with zero attached hydrogens (tertiary/aromatic N) is 6. The Labute approximate surface area is 378 Å². The standard InChI is InChI=1S/C46H47ClFN9O6S/c1-26-21-38(50-25-36(26)35-22-31-23-39(58)53-44(31)54-43(35)48)49-13-14-60-15-16-61-17-18-62-19-20-63-34-11-9-33(10-12-34)51-40(59)24-37-45-56-55-29(4)57(45)46-41(27(2)28(3)64-46)42(52-37)30-5-7-32(47)8-6-30/h5-12,21-22,25,37H,13-20,23-24H2,1-4H3,(H,49,50)(H,51,59)(H,53,54,58)/t37-/m0/s1. The van der Waals surface area contributed by atoms with Gasteiger partial charge >= 0.3 is 0 Å². The monoisotopic (exact) mass is 907 g/mol. The van der Waals surface area contributed by atoms with Crippen LogP contribution in [0.2, 0.25) is 5.02 Å². The van der Waals surface area contributed by atoms with Crippen molar-refractivity contribution >= 4 is 57.8 Å². The molecular weight excluding hydrogens is 861 g/mol. The number of ether oxygens (including phenoxy) is 4. The third-order valence-electron chi connectivity index (χ3n) is 10.7. The number of aromatic nitrogens is 5. The number of amides is 2. The fourth-order valence-corrected chi connectivity index (χ4v) is 8.75. The molecule has 3 N–H and O–H groups in total. The van der Waals surface area contributed by atoms with Crippen LogP contribution in [-0.2, 0) is 30.2 Å². The van der Waals surface area contributed by atoms with Crippen molar-refractivity contribution in [3.63, 3.8) is 0 Å². The van der Waals surface area contributed by atoms with Gasteiger partial charge in [-0.05, 0) is 87.4 Å². The van der Waals surface area contributed by atoms with Crippen LogP contribution in [0, 0.1) is 33.6 Å². The quantitative estimate of drug-likeness (QED) is 0.0535. The van der Waals surface area contributed by atoms with E-state index in [1.54, 1.807) is 47.9 Å². The molecule has 332 valence electrons. The summed E-state index contributed by atoms with van der Waals surface area (Å²) >= 11 is 7.90. The zero-order chi connectivity index (χ0) is 44.7. The van der Waals surface area contributed by atoms with Gasteiger partial charge in [0.2, 0.25) is 17.8 Å². The SMILES string of the molecule is Cc1cc(NCCOCCOCCOCCOc2ccc(NC(=O)C[C@@H]3N=C(c4ccc(Cl)cc4)c4c(sc(C)c4C)-n4c(C)nnc43)cc2)ncc1-c1cc2c(nc1F)NC(=O)C2. The molecule has 2 aliphatic heterocycles. The van der Waals surface area contributed by atoms with Crippen LogP contribution in [-0.4, -0.2) is 95.1 Å². The Morgan fingerprint density at radius 2 is 1.64 bits per heavy atom. The normalized spacial score (nSPS) is 14.0. The van der Waals surface area contributed by atoms with Gasteiger partial charge in [0.05, 0.1) is 58.2 Å². The van der Waals surface area contributed by atoms with E-state index in [1.807, 2.05) is 48.7 Å². The second kappa shape index (κ2) is 20.2. The molecule has 0 unspecified atom stereocenters. The van der Waals surface area contributed by atoms with E-state index in [0.29, 0.717) is 97.6 Å². The van der Waals surface area contributed by atoms with Crippen LogP contribution >= 0.6 is 22.9 Å². The van der Waals surface area contributed by atoms with Crippen LogP contribution in [0.25, 0.3) is 16.1 Å². The lowest BCUT2D eigenvalue weighted by molar-refractivity contribution is -0.117. The minimum atomic E-state index is -0.651. The summed E-state index contributed by atoms with van der Waals surface area (Å²) in [6.45, 7) is 11.3. The average molecular weight is 908 g/mol. The van der Waals surface area contributed by atoms with Gasteiger partial charge < -0.3 is 34.9 Å². The third-order valence-corrected chi connectivity index (χ3v) is 12.2. The highest BCUT2D eigenvalue weighted by molar-refractivity contribution is 7.15. The maximum Gasteiger partial charge on any atom is 0.230 e. The van der Waals surface area contributed by atoms with Crippen LogP contribution in [0.4, 0.5) is 21.7 Å². The zero-order valence-corrected chi connectivity index (χ0v) is 37.4. The van der Waals surface area contributed by atoms with Gasteiger partial charge in [-0.3, -0.25) is 19.1 Å². The average Bonchev–Trinajstić information content (AvgIpc) is 3.90. The molecule has 1 atom stereocenters. The van der Waals surface area contributed by atoms with Gasteiger partial charge in [0, 0.05) is 56.1 Å². The number of anilines is 3. The van der Waals surface area contributed by atoms with Gasteiger partial charge in [0.15, 0.2) is 5.82 Å². The van der Waals surface area contributed by atoms with E-state index < -0.39 is 12.0 Å². The highest BCUT2D eigenvalue weighted by atomic mass is 35.5. The number of rotatable bonds is 19. The van der Waals surface area contributed by atoms with E-state index >= 15 is 0 Å². The van der Waals surface area contributed by atoms with E-state index in [9.17, 15) is 14.0 Å². The van der Waals surface area contributed by atoms with Crippen molar-refractivity contribution in [2.75, 3.05) is 68.7 Å². The van der Waals surface area contributed by atoms with Crippen molar-refractivity contribution in [1.82, 2.24) is 24.7 Å². The number of carbonyl (C=O) groups excluding carboxylic acids is 2. The Morgan fingerprint density at radius 1 is 0.922 bits per heavy atom. The molecular formula is C46H47ClFN9O6S. The number of pyridine rings is 2. The van der Waals surface area contributed by atoms with Gasteiger partial charge in [-0.1, -0.05) is 23.7 Å². The van der Waals surface area contributed by atoms with E-state index in [1.165, 1.54) is 4.88 Å². The first-order valence-electron chi connectivity index (χ1n) is 20.8. The summed E-state index contributed by atoms with van der Waals surface area (Å²) in [6, 6.07) is 17.7. The number of aryl methyl sites for hydroxylation is 3. The van der Waals surface area contributed by atoms with Crippen LogP contribution in [0.3, 0.4) is 0 Å². The number of carbonyl (C=O) groups is 2. The van der Waals surface area contributed by atoms with Gasteiger partial charge in [-0.2, -0.15) is 4.39 Å².